The summed E-state index contributed by atoms with van der Waals surface area (Å²) in [6.07, 6.45) is 0. The molecule has 1 aromatic heterocycles. The quantitative estimate of drug-likeness (QED) is 0.854. The van der Waals surface area contributed by atoms with E-state index in [4.69, 9.17) is 4.52 Å². The SMILES string of the molecule is CC(C)(C)c1noc2ccc(N3CCNCC3)cc12. The Balaban J connectivity index is 2.03. The molecule has 102 valence electrons. The summed E-state index contributed by atoms with van der Waals surface area (Å²) in [7, 11) is 0. The first-order chi connectivity index (χ1) is 9.05. The molecule has 0 unspecified atom stereocenters. The lowest BCUT2D eigenvalue weighted by Crippen LogP contribution is -2.43. The first kappa shape index (κ1) is 12.5. The summed E-state index contributed by atoms with van der Waals surface area (Å²) in [6.45, 7) is 10.7. The van der Waals surface area contributed by atoms with Crippen molar-refractivity contribution in [2.24, 2.45) is 0 Å². The lowest BCUT2D eigenvalue weighted by molar-refractivity contribution is 0.419. The van der Waals surface area contributed by atoms with Crippen LogP contribution in [0.15, 0.2) is 22.7 Å². The molecular formula is C15H21N3O. The van der Waals surface area contributed by atoms with Crippen molar-refractivity contribution in [3.8, 4) is 0 Å². The number of piperazine rings is 1. The van der Waals surface area contributed by atoms with Crippen molar-refractivity contribution in [1.29, 1.82) is 0 Å². The number of hydrogen-bond donors (Lipinski definition) is 1. The number of nitrogens with one attached hydrogen (secondary N) is 1. The van der Waals surface area contributed by atoms with Crippen LogP contribution < -0.4 is 10.2 Å². The number of nitrogens with zero attached hydrogens (tertiary/aromatic N) is 2. The molecular weight excluding hydrogens is 238 g/mol. The topological polar surface area (TPSA) is 41.3 Å². The molecule has 1 N–H and O–H groups in total. The van der Waals surface area contributed by atoms with Crippen LogP contribution in [0.5, 0.6) is 0 Å². The Bertz CT molecular complexity index is 577. The van der Waals surface area contributed by atoms with E-state index < -0.39 is 0 Å². The van der Waals surface area contributed by atoms with Gasteiger partial charge in [-0.15, -0.1) is 0 Å². The number of benzene rings is 1. The first-order valence-corrected chi connectivity index (χ1v) is 6.91. The van der Waals surface area contributed by atoms with Gasteiger partial charge in [-0.1, -0.05) is 25.9 Å². The van der Waals surface area contributed by atoms with Crippen LogP contribution in [0.1, 0.15) is 26.5 Å². The lowest BCUT2D eigenvalue weighted by atomic mass is 9.90. The number of rotatable bonds is 1. The number of anilines is 1. The van der Waals surface area contributed by atoms with Gasteiger partial charge in [-0.2, -0.15) is 0 Å². The molecule has 1 aliphatic heterocycles. The second kappa shape index (κ2) is 4.53. The van der Waals surface area contributed by atoms with Crippen LogP contribution in [0.2, 0.25) is 0 Å². The minimum Gasteiger partial charge on any atom is -0.369 e. The van der Waals surface area contributed by atoms with E-state index in [-0.39, 0.29) is 5.41 Å². The van der Waals surface area contributed by atoms with E-state index in [0.29, 0.717) is 0 Å². The van der Waals surface area contributed by atoms with Gasteiger partial charge in [0.15, 0.2) is 5.58 Å². The summed E-state index contributed by atoms with van der Waals surface area (Å²) in [4.78, 5) is 2.41. The summed E-state index contributed by atoms with van der Waals surface area (Å²) in [5.41, 5.74) is 3.19. The largest absolute Gasteiger partial charge is 0.369 e. The van der Waals surface area contributed by atoms with Gasteiger partial charge >= 0.3 is 0 Å². The summed E-state index contributed by atoms with van der Waals surface area (Å²) in [5, 5.41) is 8.77. The number of aromatic nitrogens is 1. The van der Waals surface area contributed by atoms with E-state index in [1.165, 1.54) is 5.69 Å². The van der Waals surface area contributed by atoms with Gasteiger partial charge in [-0.25, -0.2) is 0 Å². The standard InChI is InChI=1S/C15H21N3O/c1-15(2,3)14-12-10-11(4-5-13(12)19-17-14)18-8-6-16-7-9-18/h4-5,10,16H,6-9H2,1-3H3. The van der Waals surface area contributed by atoms with Crippen LogP contribution in [-0.2, 0) is 5.41 Å². The summed E-state index contributed by atoms with van der Waals surface area (Å²) >= 11 is 0. The maximum Gasteiger partial charge on any atom is 0.167 e. The normalized spacial score (nSPS) is 17.1. The Hall–Kier alpha value is -1.55. The van der Waals surface area contributed by atoms with Crippen molar-refractivity contribution >= 4 is 16.7 Å². The Morgan fingerprint density at radius 3 is 2.63 bits per heavy atom. The fourth-order valence-corrected chi connectivity index (χ4v) is 2.59. The van der Waals surface area contributed by atoms with Crippen LogP contribution in [-0.4, -0.2) is 31.3 Å². The number of fused-ring (bicyclic) bond motifs is 1. The molecule has 0 aliphatic carbocycles. The van der Waals surface area contributed by atoms with Crippen molar-refractivity contribution in [3.05, 3.63) is 23.9 Å². The van der Waals surface area contributed by atoms with E-state index >= 15 is 0 Å². The molecule has 4 nitrogen and oxygen atoms in total. The highest BCUT2D eigenvalue weighted by Crippen LogP contribution is 2.31. The highest BCUT2D eigenvalue weighted by atomic mass is 16.5. The molecule has 1 saturated heterocycles. The summed E-state index contributed by atoms with van der Waals surface area (Å²) in [5.74, 6) is 0. The van der Waals surface area contributed by atoms with Gasteiger partial charge in [-0.05, 0) is 18.2 Å². The van der Waals surface area contributed by atoms with Crippen molar-refractivity contribution in [1.82, 2.24) is 10.5 Å². The van der Waals surface area contributed by atoms with Gasteiger partial charge in [0.05, 0.1) is 5.69 Å². The molecule has 0 atom stereocenters. The fraction of sp³-hybridized carbons (Fsp3) is 0.533. The Morgan fingerprint density at radius 2 is 1.95 bits per heavy atom. The van der Waals surface area contributed by atoms with Crippen LogP contribution in [0.25, 0.3) is 11.0 Å². The first-order valence-electron chi connectivity index (χ1n) is 6.91. The molecule has 0 bridgehead atoms. The molecule has 0 saturated carbocycles. The minimum atomic E-state index is 0.00727. The van der Waals surface area contributed by atoms with Crippen molar-refractivity contribution < 1.29 is 4.52 Å². The predicted molar refractivity (Wildman–Crippen MR) is 77.8 cm³/mol. The van der Waals surface area contributed by atoms with Gasteiger partial charge in [0.2, 0.25) is 0 Å². The zero-order chi connectivity index (χ0) is 13.5. The molecule has 2 heterocycles. The highest BCUT2D eigenvalue weighted by Gasteiger charge is 2.22. The van der Waals surface area contributed by atoms with Gasteiger partial charge in [0, 0.05) is 42.7 Å². The zero-order valence-corrected chi connectivity index (χ0v) is 11.9. The van der Waals surface area contributed by atoms with E-state index in [2.05, 4.69) is 48.3 Å². The maximum atomic E-state index is 5.44. The molecule has 0 radical (unpaired) electrons. The fourth-order valence-electron chi connectivity index (χ4n) is 2.59. The van der Waals surface area contributed by atoms with Gasteiger partial charge in [0.25, 0.3) is 0 Å². The molecule has 1 aromatic carbocycles. The lowest BCUT2D eigenvalue weighted by Gasteiger charge is -2.29. The smallest absolute Gasteiger partial charge is 0.167 e. The zero-order valence-electron chi connectivity index (χ0n) is 11.9. The molecule has 1 fully saturated rings. The van der Waals surface area contributed by atoms with Gasteiger partial charge < -0.3 is 14.7 Å². The van der Waals surface area contributed by atoms with Crippen LogP contribution >= 0.6 is 0 Å². The molecule has 0 amide bonds. The van der Waals surface area contributed by atoms with Crippen LogP contribution in [0.3, 0.4) is 0 Å². The molecule has 0 spiro atoms. The molecule has 19 heavy (non-hydrogen) atoms. The van der Waals surface area contributed by atoms with Crippen LogP contribution in [0.4, 0.5) is 5.69 Å². The second-order valence-electron chi connectivity index (χ2n) is 6.20. The van der Waals surface area contributed by atoms with Gasteiger partial charge in [0.1, 0.15) is 0 Å². The van der Waals surface area contributed by atoms with Crippen molar-refractivity contribution in [2.75, 3.05) is 31.1 Å². The van der Waals surface area contributed by atoms with Gasteiger partial charge in [-0.3, -0.25) is 0 Å². The Kier molecular flexibility index (Phi) is 2.97. The van der Waals surface area contributed by atoms with E-state index in [1.807, 2.05) is 6.07 Å². The summed E-state index contributed by atoms with van der Waals surface area (Å²) in [6, 6.07) is 6.39. The van der Waals surface area contributed by atoms with Crippen molar-refractivity contribution in [3.63, 3.8) is 0 Å². The highest BCUT2D eigenvalue weighted by molar-refractivity contribution is 5.84. The summed E-state index contributed by atoms with van der Waals surface area (Å²) < 4.78 is 5.44. The van der Waals surface area contributed by atoms with E-state index in [0.717, 1.165) is 42.8 Å². The third-order valence-electron chi connectivity index (χ3n) is 3.65. The van der Waals surface area contributed by atoms with E-state index in [1.54, 1.807) is 0 Å². The second-order valence-corrected chi connectivity index (χ2v) is 6.20. The third kappa shape index (κ3) is 2.32. The van der Waals surface area contributed by atoms with E-state index in [9.17, 15) is 0 Å². The van der Waals surface area contributed by atoms with Crippen molar-refractivity contribution in [2.45, 2.75) is 26.2 Å². The molecule has 2 aromatic rings. The molecule has 4 heteroatoms. The molecule has 1 aliphatic rings. The predicted octanol–water partition coefficient (Wildman–Crippen LogP) is 2.53. The third-order valence-corrected chi connectivity index (χ3v) is 3.65. The average Bonchev–Trinajstić information content (AvgIpc) is 2.82. The molecule has 3 rings (SSSR count). The monoisotopic (exact) mass is 259 g/mol. The van der Waals surface area contributed by atoms with Crippen LogP contribution in [0, 0.1) is 0 Å². The Labute approximate surface area is 113 Å². The maximum absolute atomic E-state index is 5.44. The minimum absolute atomic E-state index is 0.00727. The average molecular weight is 259 g/mol. The number of hydrogen-bond acceptors (Lipinski definition) is 4. The Morgan fingerprint density at radius 1 is 1.21 bits per heavy atom.